The molecule has 2 atom stereocenters. The van der Waals surface area contributed by atoms with Crippen LogP contribution in [0, 0.1) is 12.8 Å². The van der Waals surface area contributed by atoms with E-state index in [0.717, 1.165) is 49.9 Å². The third-order valence-corrected chi connectivity index (χ3v) is 11.3. The monoisotopic (exact) mass is 630 g/mol. The third-order valence-electron chi connectivity index (χ3n) is 9.40. The molecule has 2 aromatic rings. The van der Waals surface area contributed by atoms with Gasteiger partial charge in [0.2, 0.25) is 21.8 Å². The Morgan fingerprint density at radius 1 is 1.02 bits per heavy atom. The fourth-order valence-electron chi connectivity index (χ4n) is 6.97. The number of anilines is 1. The van der Waals surface area contributed by atoms with Crippen molar-refractivity contribution in [2.75, 3.05) is 38.2 Å². The highest BCUT2D eigenvalue weighted by molar-refractivity contribution is 7.89. The zero-order valence-electron chi connectivity index (χ0n) is 25.3. The summed E-state index contributed by atoms with van der Waals surface area (Å²) in [7, 11) is -2.06. The molecule has 2 amide bonds. The van der Waals surface area contributed by atoms with E-state index in [4.69, 9.17) is 16.3 Å². The van der Waals surface area contributed by atoms with Crippen molar-refractivity contribution < 1.29 is 22.7 Å². The lowest BCUT2D eigenvalue weighted by Gasteiger charge is -2.39. The van der Waals surface area contributed by atoms with Crippen molar-refractivity contribution in [2.45, 2.75) is 81.8 Å². The van der Waals surface area contributed by atoms with Gasteiger partial charge < -0.3 is 14.5 Å². The molecule has 5 rings (SSSR count). The highest BCUT2D eigenvalue weighted by atomic mass is 35.5. The summed E-state index contributed by atoms with van der Waals surface area (Å²) in [4.78, 5) is 32.1. The number of aryl methyl sites for hydroxylation is 1. The van der Waals surface area contributed by atoms with Crippen LogP contribution in [0.5, 0.6) is 5.75 Å². The maximum atomic E-state index is 13.8. The van der Waals surface area contributed by atoms with Gasteiger partial charge in [-0.15, -0.1) is 0 Å². The molecule has 1 N–H and O–H groups in total. The number of hydrogen-bond acceptors (Lipinski definition) is 6. The fourth-order valence-corrected chi connectivity index (χ4v) is 8.40. The fraction of sp³-hybridized carbons (Fsp3) is 0.562. The van der Waals surface area contributed by atoms with Gasteiger partial charge in [-0.2, -0.15) is 0 Å². The SMILES string of the molecule is COc1ccc(S(=O)(=O)NC2CC3CCC(C2)N3CCCN(C(=O)C2CCN(C(C)=O)CC2)c2ccc(C)c(Cl)c2)cc1. The van der Waals surface area contributed by atoms with Crippen LogP contribution in [0.2, 0.25) is 5.02 Å². The van der Waals surface area contributed by atoms with E-state index in [1.807, 2.05) is 34.9 Å². The maximum Gasteiger partial charge on any atom is 0.240 e. The molecule has 3 aliphatic heterocycles. The Labute approximate surface area is 260 Å². The summed E-state index contributed by atoms with van der Waals surface area (Å²) in [6, 6.07) is 12.8. The van der Waals surface area contributed by atoms with E-state index in [9.17, 15) is 18.0 Å². The Bertz CT molecular complexity index is 1400. The summed E-state index contributed by atoms with van der Waals surface area (Å²) in [6.45, 7) is 6.17. The Morgan fingerprint density at radius 3 is 2.26 bits per heavy atom. The minimum atomic E-state index is -3.62. The molecule has 0 saturated carbocycles. The van der Waals surface area contributed by atoms with Gasteiger partial charge in [0.1, 0.15) is 5.75 Å². The van der Waals surface area contributed by atoms with Gasteiger partial charge in [0.15, 0.2) is 0 Å². The largest absolute Gasteiger partial charge is 0.497 e. The van der Waals surface area contributed by atoms with Gasteiger partial charge in [-0.3, -0.25) is 14.5 Å². The number of likely N-dealkylation sites (tertiary alicyclic amines) is 1. The predicted molar refractivity (Wildman–Crippen MR) is 168 cm³/mol. The molecule has 0 spiro atoms. The maximum absolute atomic E-state index is 13.8. The van der Waals surface area contributed by atoms with Gasteiger partial charge in [-0.05, 0) is 93.8 Å². The number of sulfonamides is 1. The number of nitrogens with one attached hydrogen (secondary N) is 1. The second-order valence-electron chi connectivity index (χ2n) is 12.1. The second kappa shape index (κ2) is 13.5. The number of carbonyl (C=O) groups is 2. The lowest BCUT2D eigenvalue weighted by Crippen LogP contribution is -2.51. The van der Waals surface area contributed by atoms with E-state index in [-0.39, 0.29) is 28.7 Å². The van der Waals surface area contributed by atoms with Crippen LogP contribution < -0.4 is 14.4 Å². The van der Waals surface area contributed by atoms with E-state index < -0.39 is 10.0 Å². The van der Waals surface area contributed by atoms with Gasteiger partial charge in [-0.1, -0.05) is 17.7 Å². The zero-order valence-corrected chi connectivity index (χ0v) is 26.9. The summed E-state index contributed by atoms with van der Waals surface area (Å²) in [5.41, 5.74) is 1.78. The number of nitrogens with zero attached hydrogens (tertiary/aromatic N) is 3. The first-order chi connectivity index (χ1) is 20.6. The van der Waals surface area contributed by atoms with Crippen molar-refractivity contribution in [2.24, 2.45) is 5.92 Å². The third kappa shape index (κ3) is 7.36. The topological polar surface area (TPSA) is 99.3 Å². The molecule has 2 unspecified atom stereocenters. The molecule has 3 saturated heterocycles. The molecule has 9 nitrogen and oxygen atoms in total. The number of amides is 2. The number of fused-ring (bicyclic) bond motifs is 2. The minimum Gasteiger partial charge on any atom is -0.497 e. The van der Waals surface area contributed by atoms with Crippen LogP contribution in [-0.2, 0) is 19.6 Å². The number of ether oxygens (including phenoxy) is 1. The molecule has 2 aromatic carbocycles. The van der Waals surface area contributed by atoms with Crippen molar-refractivity contribution in [1.29, 1.82) is 0 Å². The van der Waals surface area contributed by atoms with Crippen molar-refractivity contribution in [3.63, 3.8) is 0 Å². The Hall–Kier alpha value is -2.66. The summed E-state index contributed by atoms with van der Waals surface area (Å²) in [5.74, 6) is 0.647. The number of methoxy groups -OCH3 is 1. The van der Waals surface area contributed by atoms with Crippen molar-refractivity contribution in [3.05, 3.63) is 53.1 Å². The normalized spacial score (nSPS) is 22.9. The lowest BCUT2D eigenvalue weighted by atomic mass is 9.94. The Balaban J connectivity index is 1.20. The molecule has 0 radical (unpaired) electrons. The van der Waals surface area contributed by atoms with Gasteiger partial charge in [0, 0.05) is 67.9 Å². The van der Waals surface area contributed by atoms with Gasteiger partial charge >= 0.3 is 0 Å². The van der Waals surface area contributed by atoms with Crippen LogP contribution in [0.15, 0.2) is 47.4 Å². The summed E-state index contributed by atoms with van der Waals surface area (Å²) in [5, 5.41) is 0.638. The Morgan fingerprint density at radius 2 is 1.67 bits per heavy atom. The molecule has 3 aliphatic rings. The summed E-state index contributed by atoms with van der Waals surface area (Å²) in [6.07, 6.45) is 5.79. The van der Waals surface area contributed by atoms with E-state index in [1.54, 1.807) is 38.3 Å². The lowest BCUT2D eigenvalue weighted by molar-refractivity contribution is -0.133. The van der Waals surface area contributed by atoms with Crippen molar-refractivity contribution in [3.8, 4) is 5.75 Å². The molecule has 0 aromatic heterocycles. The average Bonchev–Trinajstić information content (AvgIpc) is 3.23. The first-order valence-electron chi connectivity index (χ1n) is 15.3. The number of carbonyl (C=O) groups excluding carboxylic acids is 2. The van der Waals surface area contributed by atoms with Crippen LogP contribution in [0.25, 0.3) is 0 Å². The standard InChI is InChI=1S/C32H43ClN4O5S/c1-22-5-6-28(21-31(22)33)37(32(39)24-13-17-35(18-14-24)23(2)38)16-4-15-36-26-7-8-27(36)20-25(19-26)34-43(40,41)30-11-9-29(42-3)10-12-30/h5-6,9-12,21,24-27,34H,4,7-8,13-20H2,1-3H3. The van der Waals surface area contributed by atoms with Crippen LogP contribution in [0.3, 0.4) is 0 Å². The number of piperidine rings is 2. The van der Waals surface area contributed by atoms with Crippen LogP contribution in [0.1, 0.15) is 57.4 Å². The minimum absolute atomic E-state index is 0.0556. The molecule has 234 valence electrons. The molecule has 3 fully saturated rings. The van der Waals surface area contributed by atoms with E-state index in [1.165, 1.54) is 0 Å². The Kier molecular flexibility index (Phi) is 10.0. The van der Waals surface area contributed by atoms with E-state index in [0.29, 0.717) is 55.3 Å². The molecular formula is C32H43ClN4O5S. The van der Waals surface area contributed by atoms with Crippen molar-refractivity contribution in [1.82, 2.24) is 14.5 Å². The number of hydrogen-bond donors (Lipinski definition) is 1. The van der Waals surface area contributed by atoms with Crippen LogP contribution >= 0.6 is 11.6 Å². The molecular weight excluding hydrogens is 588 g/mol. The number of rotatable bonds is 10. The van der Waals surface area contributed by atoms with Gasteiger partial charge in [-0.25, -0.2) is 13.1 Å². The smallest absolute Gasteiger partial charge is 0.240 e. The molecule has 2 bridgehead atoms. The van der Waals surface area contributed by atoms with Gasteiger partial charge in [0.05, 0.1) is 12.0 Å². The molecule has 43 heavy (non-hydrogen) atoms. The highest BCUT2D eigenvalue weighted by Crippen LogP contribution is 2.37. The molecule has 0 aliphatic carbocycles. The van der Waals surface area contributed by atoms with Crippen LogP contribution in [0.4, 0.5) is 5.69 Å². The zero-order chi connectivity index (χ0) is 30.7. The number of benzene rings is 2. The van der Waals surface area contributed by atoms with Gasteiger partial charge in [0.25, 0.3) is 0 Å². The average molecular weight is 631 g/mol. The first kappa shape index (κ1) is 31.8. The second-order valence-corrected chi connectivity index (χ2v) is 14.3. The van der Waals surface area contributed by atoms with Crippen LogP contribution in [-0.4, -0.2) is 81.4 Å². The quantitative estimate of drug-likeness (QED) is 0.412. The molecule has 3 heterocycles. The summed E-state index contributed by atoms with van der Waals surface area (Å²) >= 11 is 6.47. The first-order valence-corrected chi connectivity index (χ1v) is 17.2. The number of halogens is 1. The van der Waals surface area contributed by atoms with E-state index >= 15 is 0 Å². The predicted octanol–water partition coefficient (Wildman–Crippen LogP) is 4.61. The van der Waals surface area contributed by atoms with E-state index in [2.05, 4.69) is 9.62 Å². The summed E-state index contributed by atoms with van der Waals surface area (Å²) < 4.78 is 34.2. The van der Waals surface area contributed by atoms with Crippen molar-refractivity contribution >= 4 is 39.1 Å². The molecule has 11 heteroatoms. The highest BCUT2D eigenvalue weighted by Gasteiger charge is 2.41.